The second-order valence-corrected chi connectivity index (χ2v) is 4.18. The fourth-order valence-corrected chi connectivity index (χ4v) is 2.01. The Morgan fingerprint density at radius 2 is 2.18 bits per heavy atom. The first kappa shape index (κ1) is 11.8. The van der Waals surface area contributed by atoms with Crippen LogP contribution < -0.4 is 4.74 Å². The molecule has 2 rings (SSSR count). The van der Waals surface area contributed by atoms with E-state index in [2.05, 4.69) is 0 Å². The molecule has 1 aromatic carbocycles. The van der Waals surface area contributed by atoms with Crippen molar-refractivity contribution in [2.24, 2.45) is 0 Å². The number of carbonyl (C=O) groups is 1. The van der Waals surface area contributed by atoms with Crippen LogP contribution >= 0.6 is 0 Å². The first-order valence-electron chi connectivity index (χ1n) is 5.21. The Balaban J connectivity index is 2.59. The van der Waals surface area contributed by atoms with Crippen LogP contribution in [-0.4, -0.2) is 18.2 Å². The van der Waals surface area contributed by atoms with Crippen molar-refractivity contribution in [2.75, 3.05) is 7.11 Å². The fraction of sp³-hybridized carbons (Fsp3) is 0.417. The van der Waals surface area contributed by atoms with Gasteiger partial charge in [0, 0.05) is 5.56 Å². The molecule has 1 N–H and O–H groups in total. The monoisotopic (exact) mass is 242 g/mol. The van der Waals surface area contributed by atoms with Gasteiger partial charge in [0.25, 0.3) is 0 Å². The van der Waals surface area contributed by atoms with Crippen LogP contribution in [0.4, 0.5) is 8.78 Å². The number of ether oxygens (including phenoxy) is 1. The predicted octanol–water partition coefficient (Wildman–Crippen LogP) is 2.42. The van der Waals surface area contributed by atoms with Crippen molar-refractivity contribution in [1.29, 1.82) is 0 Å². The molecular weight excluding hydrogens is 230 g/mol. The molecule has 0 heterocycles. The summed E-state index contributed by atoms with van der Waals surface area (Å²) in [5.74, 6) is -1.83. The van der Waals surface area contributed by atoms with E-state index in [0.29, 0.717) is 12.8 Å². The SMILES string of the molecule is COc1c(F)cc(CF)cc1C1(C(=O)O)CC1. The smallest absolute Gasteiger partial charge is 0.314 e. The zero-order valence-corrected chi connectivity index (χ0v) is 9.30. The van der Waals surface area contributed by atoms with Crippen LogP contribution in [0.2, 0.25) is 0 Å². The normalized spacial score (nSPS) is 16.6. The van der Waals surface area contributed by atoms with E-state index in [1.54, 1.807) is 0 Å². The molecular formula is C12H12F2O3. The number of methoxy groups -OCH3 is 1. The van der Waals surface area contributed by atoms with Gasteiger partial charge in [-0.15, -0.1) is 0 Å². The van der Waals surface area contributed by atoms with Crippen molar-refractivity contribution in [2.45, 2.75) is 24.9 Å². The fourth-order valence-electron chi connectivity index (χ4n) is 2.01. The molecule has 0 unspecified atom stereocenters. The van der Waals surface area contributed by atoms with Crippen LogP contribution in [-0.2, 0) is 16.9 Å². The molecule has 1 aliphatic rings. The van der Waals surface area contributed by atoms with Gasteiger partial charge in [-0.2, -0.15) is 0 Å². The minimum atomic E-state index is -1.10. The van der Waals surface area contributed by atoms with E-state index >= 15 is 0 Å². The third-order valence-corrected chi connectivity index (χ3v) is 3.14. The average molecular weight is 242 g/mol. The standard InChI is InChI=1S/C12H12F2O3/c1-17-10-8(12(2-3-12)11(15)16)4-7(6-13)5-9(10)14/h4-5H,2-3,6H2,1H3,(H,15,16). The molecule has 0 radical (unpaired) electrons. The summed E-state index contributed by atoms with van der Waals surface area (Å²) in [6.45, 7) is -0.830. The lowest BCUT2D eigenvalue weighted by atomic mass is 9.93. The highest BCUT2D eigenvalue weighted by Gasteiger charge is 2.53. The number of alkyl halides is 1. The van der Waals surface area contributed by atoms with Crippen LogP contribution in [0.15, 0.2) is 12.1 Å². The van der Waals surface area contributed by atoms with Gasteiger partial charge in [0.2, 0.25) is 0 Å². The molecule has 0 saturated heterocycles. The highest BCUT2D eigenvalue weighted by molar-refractivity contribution is 5.86. The van der Waals surface area contributed by atoms with E-state index in [9.17, 15) is 13.6 Å². The summed E-state index contributed by atoms with van der Waals surface area (Å²) in [5, 5.41) is 9.16. The third-order valence-electron chi connectivity index (χ3n) is 3.14. The lowest BCUT2D eigenvalue weighted by Crippen LogP contribution is -2.21. The Morgan fingerprint density at radius 1 is 1.53 bits per heavy atom. The van der Waals surface area contributed by atoms with E-state index in [0.717, 1.165) is 6.07 Å². The number of halogens is 2. The summed E-state index contributed by atoms with van der Waals surface area (Å²) in [7, 11) is 1.27. The molecule has 3 nitrogen and oxygen atoms in total. The molecule has 17 heavy (non-hydrogen) atoms. The van der Waals surface area contributed by atoms with Gasteiger partial charge in [-0.1, -0.05) is 0 Å². The predicted molar refractivity (Wildman–Crippen MR) is 56.3 cm³/mol. The second-order valence-electron chi connectivity index (χ2n) is 4.18. The Kier molecular flexibility index (Phi) is 2.77. The summed E-state index contributed by atoms with van der Waals surface area (Å²) < 4.78 is 31.1. The minimum absolute atomic E-state index is 0.0953. The maximum Gasteiger partial charge on any atom is 0.314 e. The van der Waals surface area contributed by atoms with Crippen LogP contribution in [0.3, 0.4) is 0 Å². The molecule has 0 aliphatic heterocycles. The van der Waals surface area contributed by atoms with Crippen molar-refractivity contribution in [3.8, 4) is 5.75 Å². The molecule has 92 valence electrons. The number of hydrogen-bond acceptors (Lipinski definition) is 2. The van der Waals surface area contributed by atoms with E-state index in [-0.39, 0.29) is 16.9 Å². The highest BCUT2D eigenvalue weighted by Crippen LogP contribution is 2.52. The molecule has 5 heteroatoms. The van der Waals surface area contributed by atoms with Crippen molar-refractivity contribution in [3.63, 3.8) is 0 Å². The van der Waals surface area contributed by atoms with Crippen LogP contribution in [0.1, 0.15) is 24.0 Å². The Labute approximate surface area is 97.0 Å². The summed E-state index contributed by atoms with van der Waals surface area (Å²) in [6, 6.07) is 2.41. The van der Waals surface area contributed by atoms with Gasteiger partial charge >= 0.3 is 5.97 Å². The zero-order chi connectivity index (χ0) is 12.6. The Bertz CT molecular complexity index is 467. The molecule has 1 aliphatic carbocycles. The number of aliphatic carboxylic acids is 1. The minimum Gasteiger partial charge on any atom is -0.493 e. The summed E-state index contributed by atoms with van der Waals surface area (Å²) in [4.78, 5) is 11.2. The maximum absolute atomic E-state index is 13.6. The number of rotatable bonds is 4. The quantitative estimate of drug-likeness (QED) is 0.881. The van der Waals surface area contributed by atoms with Crippen molar-refractivity contribution in [3.05, 3.63) is 29.1 Å². The van der Waals surface area contributed by atoms with Crippen LogP contribution in [0.25, 0.3) is 0 Å². The van der Waals surface area contributed by atoms with Gasteiger partial charge in [0.05, 0.1) is 12.5 Å². The van der Waals surface area contributed by atoms with Crippen molar-refractivity contribution < 1.29 is 23.4 Å². The summed E-state index contributed by atoms with van der Waals surface area (Å²) in [5.41, 5.74) is -0.733. The van der Waals surface area contributed by atoms with Gasteiger partial charge in [-0.3, -0.25) is 4.79 Å². The average Bonchev–Trinajstić information content (AvgIpc) is 3.09. The second kappa shape index (κ2) is 3.98. The van der Waals surface area contributed by atoms with Crippen LogP contribution in [0, 0.1) is 5.82 Å². The highest BCUT2D eigenvalue weighted by atomic mass is 19.1. The molecule has 0 aromatic heterocycles. The van der Waals surface area contributed by atoms with Gasteiger partial charge < -0.3 is 9.84 Å². The van der Waals surface area contributed by atoms with Gasteiger partial charge in [-0.25, -0.2) is 8.78 Å². The summed E-state index contributed by atoms with van der Waals surface area (Å²) in [6.07, 6.45) is 0.849. The molecule has 0 spiro atoms. The lowest BCUT2D eigenvalue weighted by Gasteiger charge is -2.16. The third kappa shape index (κ3) is 1.75. The number of benzene rings is 1. The Morgan fingerprint density at radius 3 is 2.59 bits per heavy atom. The van der Waals surface area contributed by atoms with E-state index < -0.39 is 23.9 Å². The molecule has 0 bridgehead atoms. The van der Waals surface area contributed by atoms with Gasteiger partial charge in [0.15, 0.2) is 11.6 Å². The first-order chi connectivity index (χ1) is 8.05. The van der Waals surface area contributed by atoms with E-state index in [1.807, 2.05) is 0 Å². The molecule has 1 aromatic rings. The molecule has 1 fully saturated rings. The van der Waals surface area contributed by atoms with E-state index in [4.69, 9.17) is 9.84 Å². The number of hydrogen-bond donors (Lipinski definition) is 1. The van der Waals surface area contributed by atoms with E-state index in [1.165, 1.54) is 13.2 Å². The zero-order valence-electron chi connectivity index (χ0n) is 9.30. The molecule has 0 amide bonds. The number of carboxylic acids is 1. The Hall–Kier alpha value is -1.65. The van der Waals surface area contributed by atoms with Crippen molar-refractivity contribution >= 4 is 5.97 Å². The maximum atomic E-state index is 13.6. The summed E-state index contributed by atoms with van der Waals surface area (Å²) >= 11 is 0. The van der Waals surface area contributed by atoms with Crippen molar-refractivity contribution in [1.82, 2.24) is 0 Å². The van der Waals surface area contributed by atoms with Gasteiger partial charge in [-0.05, 0) is 30.5 Å². The topological polar surface area (TPSA) is 46.5 Å². The molecule has 0 atom stereocenters. The first-order valence-corrected chi connectivity index (χ1v) is 5.21. The number of carboxylic acid groups (broad SMARTS) is 1. The van der Waals surface area contributed by atoms with Gasteiger partial charge in [0.1, 0.15) is 6.67 Å². The molecule has 1 saturated carbocycles. The largest absolute Gasteiger partial charge is 0.493 e. The lowest BCUT2D eigenvalue weighted by molar-refractivity contribution is -0.140. The van der Waals surface area contributed by atoms with Crippen LogP contribution in [0.5, 0.6) is 5.75 Å².